The molecule has 1 heteroatoms. The standard InChI is InChI=1S/C15H11I/c1-10-6-13-8-11-4-2-3-5-12(11)9-14(13)15(16)7-10/h2-9H,1H3. The first-order chi connectivity index (χ1) is 7.74. The Bertz CT molecular complexity index is 683. The molecule has 3 aromatic carbocycles. The van der Waals surface area contributed by atoms with Crippen molar-refractivity contribution in [1.82, 2.24) is 0 Å². The van der Waals surface area contributed by atoms with Crippen LogP contribution < -0.4 is 0 Å². The Balaban J connectivity index is 2.51. The van der Waals surface area contributed by atoms with Gasteiger partial charge in [-0.2, -0.15) is 0 Å². The van der Waals surface area contributed by atoms with Gasteiger partial charge in [-0.1, -0.05) is 30.3 Å². The first kappa shape index (κ1) is 10.1. The lowest BCUT2D eigenvalue weighted by Crippen LogP contribution is -1.82. The van der Waals surface area contributed by atoms with Crippen LogP contribution in [0.4, 0.5) is 0 Å². The van der Waals surface area contributed by atoms with Crippen LogP contribution in [0.15, 0.2) is 48.5 Å². The summed E-state index contributed by atoms with van der Waals surface area (Å²) in [6.45, 7) is 2.15. The summed E-state index contributed by atoms with van der Waals surface area (Å²) in [4.78, 5) is 0. The molecule has 0 unspecified atom stereocenters. The van der Waals surface area contributed by atoms with E-state index in [0.29, 0.717) is 0 Å². The van der Waals surface area contributed by atoms with Crippen LogP contribution in [0.1, 0.15) is 5.56 Å². The Hall–Kier alpha value is -1.09. The van der Waals surface area contributed by atoms with Crippen molar-refractivity contribution in [3.8, 4) is 0 Å². The smallest absolute Gasteiger partial charge is 0.0211 e. The minimum absolute atomic E-state index is 1.32. The van der Waals surface area contributed by atoms with Crippen molar-refractivity contribution in [1.29, 1.82) is 0 Å². The molecule has 3 aromatic rings. The molecule has 0 atom stereocenters. The van der Waals surface area contributed by atoms with E-state index in [0.717, 1.165) is 0 Å². The van der Waals surface area contributed by atoms with Crippen molar-refractivity contribution in [2.75, 3.05) is 0 Å². The topological polar surface area (TPSA) is 0 Å². The summed E-state index contributed by atoms with van der Waals surface area (Å²) in [5.74, 6) is 0. The summed E-state index contributed by atoms with van der Waals surface area (Å²) < 4.78 is 1.33. The number of hydrogen-bond acceptors (Lipinski definition) is 0. The summed E-state index contributed by atoms with van der Waals surface area (Å²) in [5, 5.41) is 5.32. The minimum atomic E-state index is 1.32. The summed E-state index contributed by atoms with van der Waals surface area (Å²) in [5.41, 5.74) is 1.33. The maximum atomic E-state index is 2.42. The van der Waals surface area contributed by atoms with Crippen molar-refractivity contribution < 1.29 is 0 Å². The van der Waals surface area contributed by atoms with Crippen molar-refractivity contribution >= 4 is 44.1 Å². The molecule has 0 saturated carbocycles. The highest BCUT2D eigenvalue weighted by atomic mass is 127. The van der Waals surface area contributed by atoms with E-state index in [-0.39, 0.29) is 0 Å². The first-order valence-corrected chi connectivity index (χ1v) is 6.40. The zero-order valence-corrected chi connectivity index (χ0v) is 11.2. The lowest BCUT2D eigenvalue weighted by Gasteiger charge is -2.05. The number of rotatable bonds is 0. The van der Waals surface area contributed by atoms with Crippen LogP contribution in [-0.2, 0) is 0 Å². The van der Waals surface area contributed by atoms with Crippen LogP contribution >= 0.6 is 22.6 Å². The van der Waals surface area contributed by atoms with E-state index >= 15 is 0 Å². The van der Waals surface area contributed by atoms with Crippen molar-refractivity contribution in [3.05, 3.63) is 57.7 Å². The van der Waals surface area contributed by atoms with Gasteiger partial charge in [-0.25, -0.2) is 0 Å². The predicted molar refractivity (Wildman–Crippen MR) is 78.9 cm³/mol. The van der Waals surface area contributed by atoms with E-state index in [2.05, 4.69) is 78.0 Å². The Labute approximate surface area is 108 Å². The fraction of sp³-hybridized carbons (Fsp3) is 0.0667. The maximum Gasteiger partial charge on any atom is 0.0211 e. The Kier molecular flexibility index (Phi) is 2.36. The highest BCUT2D eigenvalue weighted by molar-refractivity contribution is 14.1. The number of halogens is 1. The molecule has 0 aliphatic heterocycles. The summed E-state index contributed by atoms with van der Waals surface area (Å²) in [6, 6.07) is 17.6. The van der Waals surface area contributed by atoms with Crippen molar-refractivity contribution in [2.45, 2.75) is 6.92 Å². The lowest BCUT2D eigenvalue weighted by atomic mass is 10.0. The van der Waals surface area contributed by atoms with Gasteiger partial charge in [0.2, 0.25) is 0 Å². The second-order valence-corrected chi connectivity index (χ2v) is 5.33. The van der Waals surface area contributed by atoms with E-state index in [9.17, 15) is 0 Å². The third kappa shape index (κ3) is 1.59. The number of benzene rings is 3. The molecular weight excluding hydrogens is 307 g/mol. The van der Waals surface area contributed by atoms with Crippen LogP contribution in [0.3, 0.4) is 0 Å². The van der Waals surface area contributed by atoms with Crippen molar-refractivity contribution in [2.24, 2.45) is 0 Å². The molecule has 3 rings (SSSR count). The first-order valence-electron chi connectivity index (χ1n) is 5.33. The molecule has 0 bridgehead atoms. The molecule has 78 valence electrons. The zero-order valence-electron chi connectivity index (χ0n) is 9.00. The van der Waals surface area contributed by atoms with Crippen molar-refractivity contribution in [3.63, 3.8) is 0 Å². The zero-order chi connectivity index (χ0) is 11.1. The van der Waals surface area contributed by atoms with Crippen LogP contribution in [-0.4, -0.2) is 0 Å². The van der Waals surface area contributed by atoms with Crippen LogP contribution in [0, 0.1) is 10.5 Å². The normalized spacial score (nSPS) is 11.1. The van der Waals surface area contributed by atoms with Gasteiger partial charge >= 0.3 is 0 Å². The fourth-order valence-electron chi connectivity index (χ4n) is 2.15. The molecule has 0 aliphatic rings. The molecule has 0 amide bonds. The molecule has 0 radical (unpaired) electrons. The molecule has 0 fully saturated rings. The molecule has 0 nitrogen and oxygen atoms in total. The van der Waals surface area contributed by atoms with Gasteiger partial charge in [0.1, 0.15) is 0 Å². The van der Waals surface area contributed by atoms with E-state index in [1.165, 1.54) is 30.7 Å². The third-order valence-corrected chi connectivity index (χ3v) is 3.81. The van der Waals surface area contributed by atoms with Gasteiger partial charge in [-0.05, 0) is 74.8 Å². The summed E-state index contributed by atoms with van der Waals surface area (Å²) in [6.07, 6.45) is 0. The molecule has 0 aliphatic carbocycles. The second-order valence-electron chi connectivity index (χ2n) is 4.17. The van der Waals surface area contributed by atoms with Gasteiger partial charge in [0, 0.05) is 3.57 Å². The van der Waals surface area contributed by atoms with E-state index in [1.54, 1.807) is 0 Å². The van der Waals surface area contributed by atoms with E-state index < -0.39 is 0 Å². The summed E-state index contributed by atoms with van der Waals surface area (Å²) in [7, 11) is 0. The molecule has 16 heavy (non-hydrogen) atoms. The van der Waals surface area contributed by atoms with Gasteiger partial charge in [0.05, 0.1) is 0 Å². The maximum absolute atomic E-state index is 2.42. The third-order valence-electron chi connectivity index (χ3n) is 2.91. The highest BCUT2D eigenvalue weighted by Gasteiger charge is 2.02. The van der Waals surface area contributed by atoms with Crippen LogP contribution in [0.2, 0.25) is 0 Å². The Morgan fingerprint density at radius 3 is 2.25 bits per heavy atom. The Morgan fingerprint density at radius 1 is 0.812 bits per heavy atom. The quantitative estimate of drug-likeness (QED) is 0.408. The monoisotopic (exact) mass is 318 g/mol. The Morgan fingerprint density at radius 2 is 1.50 bits per heavy atom. The summed E-state index contributed by atoms with van der Waals surface area (Å²) >= 11 is 2.42. The van der Waals surface area contributed by atoms with E-state index in [4.69, 9.17) is 0 Å². The highest BCUT2D eigenvalue weighted by Crippen LogP contribution is 2.27. The van der Waals surface area contributed by atoms with Gasteiger partial charge in [-0.15, -0.1) is 0 Å². The predicted octanol–water partition coefficient (Wildman–Crippen LogP) is 4.91. The van der Waals surface area contributed by atoms with Gasteiger partial charge in [0.25, 0.3) is 0 Å². The van der Waals surface area contributed by atoms with E-state index in [1.807, 2.05) is 0 Å². The number of aryl methyl sites for hydroxylation is 1. The second kappa shape index (κ2) is 3.74. The molecule has 0 spiro atoms. The lowest BCUT2D eigenvalue weighted by molar-refractivity contribution is 1.49. The van der Waals surface area contributed by atoms with Crippen LogP contribution in [0.5, 0.6) is 0 Å². The van der Waals surface area contributed by atoms with Gasteiger partial charge < -0.3 is 0 Å². The number of fused-ring (bicyclic) bond motifs is 2. The molecule has 0 N–H and O–H groups in total. The average Bonchev–Trinajstić information content (AvgIpc) is 2.27. The van der Waals surface area contributed by atoms with Gasteiger partial charge in [0.15, 0.2) is 0 Å². The SMILES string of the molecule is Cc1cc(I)c2cc3ccccc3cc2c1. The fourth-order valence-corrected chi connectivity index (χ4v) is 3.11. The average molecular weight is 318 g/mol. The molecule has 0 heterocycles. The molecule has 0 aromatic heterocycles. The van der Waals surface area contributed by atoms with Gasteiger partial charge in [-0.3, -0.25) is 0 Å². The number of hydrogen-bond donors (Lipinski definition) is 0. The van der Waals surface area contributed by atoms with Crippen LogP contribution in [0.25, 0.3) is 21.5 Å². The molecular formula is C15H11I. The minimum Gasteiger partial charge on any atom is -0.0616 e. The molecule has 0 saturated heterocycles. The largest absolute Gasteiger partial charge is 0.0616 e.